The molecule has 2 saturated carbocycles. The molecule has 0 amide bonds. The van der Waals surface area contributed by atoms with Crippen LogP contribution in [0.15, 0.2) is 29.2 Å². The van der Waals surface area contributed by atoms with Gasteiger partial charge in [-0.2, -0.15) is 0 Å². The highest BCUT2D eigenvalue weighted by molar-refractivity contribution is 7.99. The van der Waals surface area contributed by atoms with Crippen molar-refractivity contribution in [1.29, 1.82) is 0 Å². The lowest BCUT2D eigenvalue weighted by Crippen LogP contribution is -2.27. The van der Waals surface area contributed by atoms with E-state index in [4.69, 9.17) is 11.6 Å². The number of aliphatic hydroxyl groups excluding tert-OH is 1. The largest absolute Gasteiger partial charge is 0.392 e. The first-order valence-electron chi connectivity index (χ1n) is 6.79. The van der Waals surface area contributed by atoms with Gasteiger partial charge in [-0.05, 0) is 55.2 Å². The van der Waals surface area contributed by atoms with Gasteiger partial charge in [0.05, 0.1) is 6.10 Å². The number of hydrogen-bond acceptors (Lipinski definition) is 2. The van der Waals surface area contributed by atoms with Crippen LogP contribution in [-0.2, 0) is 0 Å². The van der Waals surface area contributed by atoms with Gasteiger partial charge in [0.15, 0.2) is 0 Å². The molecule has 1 aromatic rings. The average molecular weight is 283 g/mol. The molecular formula is C15H19ClOS. The minimum absolute atomic E-state index is 0.149. The summed E-state index contributed by atoms with van der Waals surface area (Å²) in [6.45, 7) is 0. The second-order valence-electron chi connectivity index (χ2n) is 5.67. The van der Waals surface area contributed by atoms with Gasteiger partial charge in [0.25, 0.3) is 0 Å². The van der Waals surface area contributed by atoms with Crippen LogP contribution in [0.4, 0.5) is 0 Å². The zero-order valence-corrected chi connectivity index (χ0v) is 12.0. The molecule has 3 heteroatoms. The van der Waals surface area contributed by atoms with E-state index in [9.17, 15) is 5.11 Å². The number of benzene rings is 1. The van der Waals surface area contributed by atoms with Crippen molar-refractivity contribution >= 4 is 23.4 Å². The van der Waals surface area contributed by atoms with E-state index in [0.717, 1.165) is 27.5 Å². The Morgan fingerprint density at radius 3 is 2.89 bits per heavy atom. The monoisotopic (exact) mass is 282 g/mol. The second kappa shape index (κ2) is 5.44. The zero-order chi connectivity index (χ0) is 12.5. The summed E-state index contributed by atoms with van der Waals surface area (Å²) in [7, 11) is 0. The molecule has 2 bridgehead atoms. The minimum Gasteiger partial charge on any atom is -0.392 e. The Morgan fingerprint density at radius 2 is 2.22 bits per heavy atom. The highest BCUT2D eigenvalue weighted by atomic mass is 35.5. The van der Waals surface area contributed by atoms with Crippen molar-refractivity contribution in [1.82, 2.24) is 0 Å². The maximum Gasteiger partial charge on any atom is 0.0664 e. The fraction of sp³-hybridized carbons (Fsp3) is 0.600. The molecule has 4 unspecified atom stereocenters. The number of rotatable bonds is 4. The van der Waals surface area contributed by atoms with Crippen LogP contribution in [-0.4, -0.2) is 17.0 Å². The first kappa shape index (κ1) is 12.8. The van der Waals surface area contributed by atoms with Crippen molar-refractivity contribution in [2.75, 3.05) is 5.75 Å². The Balaban J connectivity index is 1.54. The molecule has 98 valence electrons. The van der Waals surface area contributed by atoms with Crippen molar-refractivity contribution < 1.29 is 5.11 Å². The van der Waals surface area contributed by atoms with Crippen LogP contribution in [0.25, 0.3) is 0 Å². The molecule has 0 radical (unpaired) electrons. The predicted octanol–water partition coefficient (Wildman–Crippen LogP) is 4.23. The van der Waals surface area contributed by atoms with Crippen molar-refractivity contribution in [2.45, 2.75) is 36.7 Å². The van der Waals surface area contributed by atoms with E-state index in [2.05, 4.69) is 6.07 Å². The Labute approximate surface area is 118 Å². The summed E-state index contributed by atoms with van der Waals surface area (Å²) in [6.07, 6.45) is 5.21. The number of halogens is 1. The number of aliphatic hydroxyl groups is 1. The first-order valence-corrected chi connectivity index (χ1v) is 8.15. The van der Waals surface area contributed by atoms with Gasteiger partial charge in [-0.25, -0.2) is 0 Å². The maximum absolute atomic E-state index is 10.3. The van der Waals surface area contributed by atoms with Crippen LogP contribution in [0.5, 0.6) is 0 Å². The molecule has 1 aromatic carbocycles. The summed E-state index contributed by atoms with van der Waals surface area (Å²) in [6, 6.07) is 7.89. The molecule has 0 aromatic heterocycles. The van der Waals surface area contributed by atoms with Gasteiger partial charge < -0.3 is 5.11 Å². The molecule has 0 spiro atoms. The fourth-order valence-corrected chi connectivity index (χ4v) is 4.88. The van der Waals surface area contributed by atoms with Gasteiger partial charge in [0.1, 0.15) is 0 Å². The third-order valence-corrected chi connectivity index (χ3v) is 5.83. The van der Waals surface area contributed by atoms with Crippen LogP contribution in [0.1, 0.15) is 25.7 Å². The number of thioether (sulfide) groups is 1. The Morgan fingerprint density at radius 1 is 1.33 bits per heavy atom. The van der Waals surface area contributed by atoms with Crippen LogP contribution < -0.4 is 0 Å². The molecule has 1 nitrogen and oxygen atoms in total. The lowest BCUT2D eigenvalue weighted by molar-refractivity contribution is 0.0944. The standard InChI is InChI=1S/C15H19ClOS/c16-12-2-1-3-13(8-12)18-9-15(17)14-7-10-4-5-11(14)6-10/h1-3,8,10-11,14-15,17H,4-7,9H2. The minimum atomic E-state index is -0.149. The van der Waals surface area contributed by atoms with E-state index in [0.29, 0.717) is 5.92 Å². The first-order chi connectivity index (χ1) is 8.72. The van der Waals surface area contributed by atoms with Gasteiger partial charge >= 0.3 is 0 Å². The van der Waals surface area contributed by atoms with Crippen molar-refractivity contribution in [3.05, 3.63) is 29.3 Å². The summed E-state index contributed by atoms with van der Waals surface area (Å²) >= 11 is 7.69. The molecule has 18 heavy (non-hydrogen) atoms. The summed E-state index contributed by atoms with van der Waals surface area (Å²) in [5, 5.41) is 11.1. The average Bonchev–Trinajstić information content (AvgIpc) is 2.98. The van der Waals surface area contributed by atoms with E-state index in [-0.39, 0.29) is 6.10 Å². The summed E-state index contributed by atoms with van der Waals surface area (Å²) < 4.78 is 0. The molecule has 1 N–H and O–H groups in total. The van der Waals surface area contributed by atoms with Crippen molar-refractivity contribution in [2.24, 2.45) is 17.8 Å². The molecule has 0 heterocycles. The molecule has 0 saturated heterocycles. The quantitative estimate of drug-likeness (QED) is 0.834. The van der Waals surface area contributed by atoms with E-state index in [1.54, 1.807) is 11.8 Å². The van der Waals surface area contributed by atoms with E-state index in [1.165, 1.54) is 25.7 Å². The predicted molar refractivity (Wildman–Crippen MR) is 77.1 cm³/mol. The topological polar surface area (TPSA) is 20.2 Å². The molecule has 3 rings (SSSR count). The molecule has 2 aliphatic carbocycles. The van der Waals surface area contributed by atoms with Crippen LogP contribution in [0, 0.1) is 17.8 Å². The summed E-state index contributed by atoms with van der Waals surface area (Å²) in [5.74, 6) is 3.06. The molecular weight excluding hydrogens is 264 g/mol. The normalized spacial score (nSPS) is 31.8. The number of fused-ring (bicyclic) bond motifs is 2. The van der Waals surface area contributed by atoms with Gasteiger partial charge in [0, 0.05) is 15.7 Å². The summed E-state index contributed by atoms with van der Waals surface area (Å²) in [4.78, 5) is 1.16. The zero-order valence-electron chi connectivity index (χ0n) is 10.4. The smallest absolute Gasteiger partial charge is 0.0664 e. The Kier molecular flexibility index (Phi) is 3.88. The molecule has 2 aliphatic rings. The molecule has 0 aliphatic heterocycles. The van der Waals surface area contributed by atoms with Crippen molar-refractivity contribution in [3.8, 4) is 0 Å². The van der Waals surface area contributed by atoms with Gasteiger partial charge in [-0.1, -0.05) is 24.1 Å². The van der Waals surface area contributed by atoms with Gasteiger partial charge in [-0.15, -0.1) is 11.8 Å². The maximum atomic E-state index is 10.3. The van der Waals surface area contributed by atoms with Crippen LogP contribution in [0.3, 0.4) is 0 Å². The van der Waals surface area contributed by atoms with Crippen LogP contribution in [0.2, 0.25) is 5.02 Å². The van der Waals surface area contributed by atoms with Crippen molar-refractivity contribution in [3.63, 3.8) is 0 Å². The fourth-order valence-electron chi connectivity index (χ4n) is 3.63. The van der Waals surface area contributed by atoms with E-state index >= 15 is 0 Å². The molecule has 2 fully saturated rings. The van der Waals surface area contributed by atoms with E-state index < -0.39 is 0 Å². The molecule has 4 atom stereocenters. The highest BCUT2D eigenvalue weighted by Gasteiger charge is 2.42. The third-order valence-electron chi connectivity index (χ3n) is 4.50. The Hall–Kier alpha value is -0.180. The Bertz CT molecular complexity index is 423. The SMILES string of the molecule is OC(CSc1cccc(Cl)c1)C1CC2CCC1C2. The van der Waals surface area contributed by atoms with E-state index in [1.807, 2.05) is 18.2 Å². The number of hydrogen-bond donors (Lipinski definition) is 1. The lowest BCUT2D eigenvalue weighted by Gasteiger charge is -2.26. The summed E-state index contributed by atoms with van der Waals surface area (Å²) in [5.41, 5.74) is 0. The van der Waals surface area contributed by atoms with Gasteiger partial charge in [-0.3, -0.25) is 0 Å². The second-order valence-corrected chi connectivity index (χ2v) is 7.20. The highest BCUT2D eigenvalue weighted by Crippen LogP contribution is 2.50. The third kappa shape index (κ3) is 2.71. The van der Waals surface area contributed by atoms with Crippen LogP contribution >= 0.6 is 23.4 Å². The van der Waals surface area contributed by atoms with Gasteiger partial charge in [0.2, 0.25) is 0 Å². The lowest BCUT2D eigenvalue weighted by atomic mass is 9.85.